The van der Waals surface area contributed by atoms with Crippen molar-refractivity contribution >= 4 is 65.4 Å². The molecule has 0 aliphatic carbocycles. The van der Waals surface area contributed by atoms with Crippen LogP contribution in [0.4, 0.5) is 0 Å². The maximum atomic E-state index is 9.54. The van der Waals surface area contributed by atoms with Crippen molar-refractivity contribution in [3.63, 3.8) is 0 Å². The van der Waals surface area contributed by atoms with E-state index in [0.29, 0.717) is 0 Å². The van der Waals surface area contributed by atoms with Gasteiger partial charge >= 0.3 is 59.1 Å². The second-order valence-corrected chi connectivity index (χ2v) is 1.38. The molecule has 0 unspecified atom stereocenters. The molecule has 0 spiro atoms. The Labute approximate surface area is 94.5 Å². The van der Waals surface area contributed by atoms with Crippen molar-refractivity contribution in [2.75, 3.05) is 0 Å². The molecule has 0 rings (SSSR count). The Morgan fingerprint density at radius 3 is 1.62 bits per heavy atom. The first kappa shape index (κ1) is 16.2. The molecule has 0 aromatic carbocycles. The number of aldehydes is 1. The van der Waals surface area contributed by atoms with E-state index in [1.165, 1.54) is 6.08 Å². The SMILES string of the molecule is CC(C)=CC=O.[NaH].[NaH]. The van der Waals surface area contributed by atoms with E-state index in [2.05, 4.69) is 0 Å². The van der Waals surface area contributed by atoms with Crippen molar-refractivity contribution in [2.24, 2.45) is 0 Å². The zero-order chi connectivity index (χ0) is 4.99. The monoisotopic (exact) mass is 132 g/mol. The van der Waals surface area contributed by atoms with Gasteiger partial charge < -0.3 is 0 Å². The summed E-state index contributed by atoms with van der Waals surface area (Å²) in [7, 11) is 0. The van der Waals surface area contributed by atoms with Gasteiger partial charge in [-0.1, -0.05) is 5.57 Å². The first-order valence-corrected chi connectivity index (χ1v) is 1.86. The van der Waals surface area contributed by atoms with Gasteiger partial charge in [-0.05, 0) is 19.9 Å². The summed E-state index contributed by atoms with van der Waals surface area (Å²) in [5.74, 6) is 0. The van der Waals surface area contributed by atoms with E-state index >= 15 is 0 Å². The molecule has 0 radical (unpaired) electrons. The summed E-state index contributed by atoms with van der Waals surface area (Å²) in [5, 5.41) is 0. The molecule has 0 aliphatic rings. The summed E-state index contributed by atoms with van der Waals surface area (Å²) in [4.78, 5) is 9.54. The van der Waals surface area contributed by atoms with Gasteiger partial charge in [0.1, 0.15) is 6.29 Å². The summed E-state index contributed by atoms with van der Waals surface area (Å²) < 4.78 is 0. The van der Waals surface area contributed by atoms with Gasteiger partial charge in [-0.15, -0.1) is 0 Å². The quantitative estimate of drug-likeness (QED) is 0.275. The molecule has 8 heavy (non-hydrogen) atoms. The van der Waals surface area contributed by atoms with Crippen LogP contribution in [0.15, 0.2) is 11.6 Å². The maximum absolute atomic E-state index is 9.54. The molecule has 1 nitrogen and oxygen atoms in total. The first-order chi connectivity index (χ1) is 2.77. The number of hydrogen-bond donors (Lipinski definition) is 0. The molecule has 0 fully saturated rings. The van der Waals surface area contributed by atoms with E-state index in [1.807, 2.05) is 13.8 Å². The molecule has 0 aromatic rings. The number of allylic oxidation sites excluding steroid dienone is 2. The third-order valence-electron chi connectivity index (χ3n) is 0.401. The summed E-state index contributed by atoms with van der Waals surface area (Å²) in [5.41, 5.74) is 1.05. The molecule has 38 valence electrons. The van der Waals surface area contributed by atoms with Crippen molar-refractivity contribution < 1.29 is 4.79 Å². The van der Waals surface area contributed by atoms with Crippen LogP contribution in [0.5, 0.6) is 0 Å². The Balaban J connectivity index is -0.000000125. The van der Waals surface area contributed by atoms with Crippen LogP contribution in [0.2, 0.25) is 0 Å². The Bertz CT molecular complexity index is 74.5. The fourth-order valence-electron chi connectivity index (χ4n) is 0.136. The number of carbonyl (C=O) groups excluding carboxylic acids is 1. The van der Waals surface area contributed by atoms with E-state index in [4.69, 9.17) is 0 Å². The van der Waals surface area contributed by atoms with E-state index < -0.39 is 0 Å². The molecule has 0 aromatic heterocycles. The fraction of sp³-hybridized carbons (Fsp3) is 0.400. The number of carbonyl (C=O) groups is 1. The molecule has 3 heteroatoms. The number of rotatable bonds is 1. The summed E-state index contributed by atoms with van der Waals surface area (Å²) in [6.07, 6.45) is 2.31. The van der Waals surface area contributed by atoms with Gasteiger partial charge in [-0.3, -0.25) is 4.79 Å². The molecule has 0 atom stereocenters. The minimum atomic E-state index is 0. The van der Waals surface area contributed by atoms with Crippen molar-refractivity contribution in [1.29, 1.82) is 0 Å². The molecule has 0 bridgehead atoms. The molecule has 0 N–H and O–H groups in total. The third kappa shape index (κ3) is 15.7. The number of hydrogen-bond acceptors (Lipinski definition) is 1. The summed E-state index contributed by atoms with van der Waals surface area (Å²) in [6.45, 7) is 3.77. The zero-order valence-electron chi connectivity index (χ0n) is 4.06. The summed E-state index contributed by atoms with van der Waals surface area (Å²) >= 11 is 0. The summed E-state index contributed by atoms with van der Waals surface area (Å²) in [6, 6.07) is 0. The normalized spacial score (nSPS) is 5.25. The predicted octanol–water partition coefficient (Wildman–Crippen LogP) is -0.146. The minimum absolute atomic E-state index is 0. The molecule has 0 aliphatic heterocycles. The van der Waals surface area contributed by atoms with Crippen LogP contribution in [0.1, 0.15) is 13.8 Å². The molecule has 0 saturated carbocycles. The van der Waals surface area contributed by atoms with Crippen molar-refractivity contribution in [3.8, 4) is 0 Å². The van der Waals surface area contributed by atoms with Gasteiger partial charge in [-0.2, -0.15) is 0 Å². The average molecular weight is 132 g/mol. The predicted molar refractivity (Wildman–Crippen MR) is 39.8 cm³/mol. The molecule has 0 heterocycles. The van der Waals surface area contributed by atoms with Crippen LogP contribution < -0.4 is 0 Å². The van der Waals surface area contributed by atoms with Gasteiger partial charge in [-0.25, -0.2) is 0 Å². The molecule has 0 saturated heterocycles. The van der Waals surface area contributed by atoms with Crippen LogP contribution in [0, 0.1) is 0 Å². The van der Waals surface area contributed by atoms with Gasteiger partial charge in [0, 0.05) is 0 Å². The van der Waals surface area contributed by atoms with Gasteiger partial charge in [0.15, 0.2) is 0 Å². The molecular weight excluding hydrogens is 122 g/mol. The zero-order valence-corrected chi connectivity index (χ0v) is 4.06. The first-order valence-electron chi connectivity index (χ1n) is 1.86. The average Bonchev–Trinajstić information content (AvgIpc) is 1.35. The van der Waals surface area contributed by atoms with Crippen LogP contribution in [0.3, 0.4) is 0 Å². The second-order valence-electron chi connectivity index (χ2n) is 1.38. The second kappa shape index (κ2) is 11.2. The Hall–Kier alpha value is 1.41. The van der Waals surface area contributed by atoms with Crippen LogP contribution in [0.25, 0.3) is 0 Å². The van der Waals surface area contributed by atoms with Crippen LogP contribution in [-0.2, 0) is 4.79 Å². The Kier molecular flexibility index (Phi) is 22.8. The van der Waals surface area contributed by atoms with E-state index in [-0.39, 0.29) is 59.1 Å². The van der Waals surface area contributed by atoms with Crippen molar-refractivity contribution in [1.82, 2.24) is 0 Å². The van der Waals surface area contributed by atoms with Gasteiger partial charge in [0.2, 0.25) is 0 Å². The van der Waals surface area contributed by atoms with Crippen LogP contribution in [-0.4, -0.2) is 65.4 Å². The molecule has 0 amide bonds. The van der Waals surface area contributed by atoms with Crippen LogP contribution >= 0.6 is 0 Å². The van der Waals surface area contributed by atoms with E-state index in [1.54, 1.807) is 0 Å². The van der Waals surface area contributed by atoms with E-state index in [0.717, 1.165) is 11.9 Å². The van der Waals surface area contributed by atoms with Gasteiger partial charge in [0.05, 0.1) is 0 Å². The van der Waals surface area contributed by atoms with Crippen molar-refractivity contribution in [3.05, 3.63) is 11.6 Å². The van der Waals surface area contributed by atoms with Gasteiger partial charge in [0.25, 0.3) is 0 Å². The Morgan fingerprint density at radius 2 is 1.62 bits per heavy atom. The Morgan fingerprint density at radius 1 is 1.25 bits per heavy atom. The van der Waals surface area contributed by atoms with E-state index in [9.17, 15) is 4.79 Å². The third-order valence-corrected chi connectivity index (χ3v) is 0.401. The standard InChI is InChI=1S/C5H8O.2Na.2H/c1-5(2)3-4-6;;;;/h3-4H,1-2H3;;;;. The van der Waals surface area contributed by atoms with Crippen molar-refractivity contribution in [2.45, 2.75) is 13.8 Å². The molecular formula is C5H10Na2O. The topological polar surface area (TPSA) is 17.1 Å². The fourth-order valence-corrected chi connectivity index (χ4v) is 0.136.